The summed E-state index contributed by atoms with van der Waals surface area (Å²) in [6.07, 6.45) is 0. The van der Waals surface area contributed by atoms with E-state index in [2.05, 4.69) is 15.9 Å². The number of hydrogen-bond acceptors (Lipinski definition) is 3. The van der Waals surface area contributed by atoms with E-state index in [1.165, 1.54) is 0 Å². The van der Waals surface area contributed by atoms with E-state index in [0.717, 1.165) is 16.8 Å². The Morgan fingerprint density at radius 1 is 1.57 bits per heavy atom. The van der Waals surface area contributed by atoms with E-state index in [0.29, 0.717) is 6.54 Å². The second-order valence-electron chi connectivity index (χ2n) is 3.59. The van der Waals surface area contributed by atoms with E-state index in [1.807, 2.05) is 11.8 Å². The highest BCUT2D eigenvalue weighted by Crippen LogP contribution is 2.23. The molecule has 1 fully saturated rings. The summed E-state index contributed by atoms with van der Waals surface area (Å²) < 4.78 is 25.6. The van der Waals surface area contributed by atoms with Crippen LogP contribution >= 0.6 is 27.7 Å². The van der Waals surface area contributed by atoms with Gasteiger partial charge in [0.25, 0.3) is 0 Å². The van der Waals surface area contributed by atoms with Crippen LogP contribution in [0, 0.1) is 0 Å². The van der Waals surface area contributed by atoms with E-state index in [9.17, 15) is 8.42 Å². The summed E-state index contributed by atoms with van der Waals surface area (Å²) >= 11 is 5.20. The van der Waals surface area contributed by atoms with Crippen LogP contribution in [-0.2, 0) is 10.0 Å². The highest BCUT2D eigenvalue weighted by atomic mass is 79.9. The van der Waals surface area contributed by atoms with Crippen LogP contribution in [0.3, 0.4) is 0 Å². The zero-order chi connectivity index (χ0) is 10.8. The molecule has 0 bridgehead atoms. The highest BCUT2D eigenvalue weighted by molar-refractivity contribution is 9.09. The summed E-state index contributed by atoms with van der Waals surface area (Å²) in [6, 6.07) is 0.126. The number of thioether (sulfide) groups is 1. The summed E-state index contributed by atoms with van der Waals surface area (Å²) in [6.45, 7) is 4.13. The minimum Gasteiger partial charge on any atom is -0.212 e. The lowest BCUT2D eigenvalue weighted by Gasteiger charge is -2.34. The summed E-state index contributed by atoms with van der Waals surface area (Å²) in [4.78, 5) is 0. The van der Waals surface area contributed by atoms with Gasteiger partial charge in [0.15, 0.2) is 0 Å². The Balaban J connectivity index is 2.83. The average molecular weight is 302 g/mol. The minimum atomic E-state index is -3.07. The zero-order valence-corrected chi connectivity index (χ0v) is 11.7. The van der Waals surface area contributed by atoms with Crippen LogP contribution in [0.4, 0.5) is 0 Å². The summed E-state index contributed by atoms with van der Waals surface area (Å²) in [5.41, 5.74) is 0. The molecule has 3 nitrogen and oxygen atoms in total. The fraction of sp³-hybridized carbons (Fsp3) is 1.00. The molecule has 1 unspecified atom stereocenters. The topological polar surface area (TPSA) is 37.4 Å². The summed E-state index contributed by atoms with van der Waals surface area (Å²) in [7, 11) is -3.07. The SMILES string of the molecule is CC(C)S(=O)(=O)N1CCSCC1CBr. The number of rotatable bonds is 3. The predicted molar refractivity (Wildman–Crippen MR) is 65.7 cm³/mol. The third-order valence-electron chi connectivity index (χ3n) is 2.27. The van der Waals surface area contributed by atoms with Crippen LogP contribution in [0.15, 0.2) is 0 Å². The molecular formula is C8H16BrNO2S2. The summed E-state index contributed by atoms with van der Waals surface area (Å²) in [5.74, 6) is 1.81. The van der Waals surface area contributed by atoms with Crippen molar-refractivity contribution in [2.45, 2.75) is 25.1 Å². The van der Waals surface area contributed by atoms with Crippen LogP contribution in [0.2, 0.25) is 0 Å². The van der Waals surface area contributed by atoms with Gasteiger partial charge in [-0.05, 0) is 13.8 Å². The van der Waals surface area contributed by atoms with Gasteiger partial charge in [-0.25, -0.2) is 8.42 Å². The van der Waals surface area contributed by atoms with Crippen molar-refractivity contribution in [3.05, 3.63) is 0 Å². The van der Waals surface area contributed by atoms with Gasteiger partial charge in [0.1, 0.15) is 0 Å². The quantitative estimate of drug-likeness (QED) is 0.742. The molecule has 0 aromatic heterocycles. The van der Waals surface area contributed by atoms with Gasteiger partial charge in [-0.2, -0.15) is 16.1 Å². The number of sulfonamides is 1. The Hall–Kier alpha value is 0.740. The predicted octanol–water partition coefficient (Wildman–Crippen LogP) is 1.54. The molecule has 0 spiro atoms. The van der Waals surface area contributed by atoms with Crippen molar-refractivity contribution in [3.63, 3.8) is 0 Å². The Kier molecular flexibility index (Phi) is 4.74. The van der Waals surface area contributed by atoms with Crippen molar-refractivity contribution >= 4 is 37.7 Å². The molecule has 0 saturated carbocycles. The first-order chi connectivity index (χ1) is 6.50. The fourth-order valence-corrected chi connectivity index (χ4v) is 5.16. The standard InChI is InChI=1S/C8H16BrNO2S2/c1-7(2)14(11,12)10-3-4-13-6-8(10)5-9/h7-8H,3-6H2,1-2H3. The van der Waals surface area contributed by atoms with Crippen molar-refractivity contribution in [1.82, 2.24) is 4.31 Å². The first kappa shape index (κ1) is 12.8. The van der Waals surface area contributed by atoms with Gasteiger partial charge in [0.05, 0.1) is 5.25 Å². The third-order valence-corrected chi connectivity index (χ3v) is 6.44. The van der Waals surface area contributed by atoms with Gasteiger partial charge >= 0.3 is 0 Å². The molecule has 0 aromatic rings. The molecule has 0 aromatic carbocycles. The van der Waals surface area contributed by atoms with Crippen molar-refractivity contribution in [1.29, 1.82) is 0 Å². The number of hydrogen-bond donors (Lipinski definition) is 0. The molecule has 0 radical (unpaired) electrons. The second kappa shape index (κ2) is 5.18. The minimum absolute atomic E-state index is 0.126. The van der Waals surface area contributed by atoms with Crippen LogP contribution in [0.1, 0.15) is 13.8 Å². The van der Waals surface area contributed by atoms with Crippen LogP contribution in [0.25, 0.3) is 0 Å². The average Bonchev–Trinajstić information content (AvgIpc) is 2.17. The maximum atomic E-state index is 12.0. The lowest BCUT2D eigenvalue weighted by molar-refractivity contribution is 0.369. The van der Waals surface area contributed by atoms with Crippen molar-refractivity contribution in [2.24, 2.45) is 0 Å². The Morgan fingerprint density at radius 2 is 2.21 bits per heavy atom. The smallest absolute Gasteiger partial charge is 0.212 e. The van der Waals surface area contributed by atoms with Gasteiger partial charge in [0.2, 0.25) is 10.0 Å². The molecule has 1 heterocycles. The first-order valence-electron chi connectivity index (χ1n) is 4.64. The molecule has 1 saturated heterocycles. The molecule has 1 rings (SSSR count). The largest absolute Gasteiger partial charge is 0.216 e. The molecule has 1 atom stereocenters. The maximum absolute atomic E-state index is 12.0. The second-order valence-corrected chi connectivity index (χ2v) is 7.83. The van der Waals surface area contributed by atoms with E-state index < -0.39 is 10.0 Å². The van der Waals surface area contributed by atoms with Gasteiger partial charge in [-0.3, -0.25) is 0 Å². The van der Waals surface area contributed by atoms with Gasteiger partial charge in [-0.15, -0.1) is 0 Å². The molecule has 0 aliphatic carbocycles. The van der Waals surface area contributed by atoms with Crippen molar-refractivity contribution < 1.29 is 8.42 Å². The van der Waals surface area contributed by atoms with Crippen LogP contribution in [-0.4, -0.2) is 47.4 Å². The van der Waals surface area contributed by atoms with E-state index in [1.54, 1.807) is 18.2 Å². The molecule has 6 heteroatoms. The Morgan fingerprint density at radius 3 is 2.71 bits per heavy atom. The van der Waals surface area contributed by atoms with Gasteiger partial charge < -0.3 is 0 Å². The Labute approximate surface area is 98.8 Å². The molecule has 1 aliphatic heterocycles. The normalized spacial score (nSPS) is 25.6. The van der Waals surface area contributed by atoms with Crippen LogP contribution in [0.5, 0.6) is 0 Å². The van der Waals surface area contributed by atoms with Crippen molar-refractivity contribution in [3.8, 4) is 0 Å². The van der Waals surface area contributed by atoms with E-state index in [4.69, 9.17) is 0 Å². The number of halogens is 1. The lowest BCUT2D eigenvalue weighted by Crippen LogP contribution is -2.49. The molecular weight excluding hydrogens is 286 g/mol. The molecule has 84 valence electrons. The lowest BCUT2D eigenvalue weighted by atomic mass is 10.4. The van der Waals surface area contributed by atoms with E-state index in [-0.39, 0.29) is 11.3 Å². The highest BCUT2D eigenvalue weighted by Gasteiger charge is 2.33. The number of nitrogens with zero attached hydrogens (tertiary/aromatic N) is 1. The molecule has 14 heavy (non-hydrogen) atoms. The van der Waals surface area contributed by atoms with Gasteiger partial charge in [-0.1, -0.05) is 15.9 Å². The van der Waals surface area contributed by atoms with Gasteiger partial charge in [0, 0.05) is 29.4 Å². The number of alkyl halides is 1. The van der Waals surface area contributed by atoms with E-state index >= 15 is 0 Å². The fourth-order valence-electron chi connectivity index (χ4n) is 1.37. The molecule has 0 N–H and O–H groups in total. The Bertz CT molecular complexity index is 279. The maximum Gasteiger partial charge on any atom is 0.216 e. The third kappa shape index (κ3) is 2.65. The van der Waals surface area contributed by atoms with Crippen molar-refractivity contribution in [2.75, 3.05) is 23.4 Å². The monoisotopic (exact) mass is 301 g/mol. The molecule has 0 amide bonds. The molecule has 1 aliphatic rings. The first-order valence-corrected chi connectivity index (χ1v) is 8.42. The summed E-state index contributed by atoms with van der Waals surface area (Å²) in [5, 5.41) is 0.415. The zero-order valence-electron chi connectivity index (χ0n) is 8.44. The van der Waals surface area contributed by atoms with Crippen LogP contribution < -0.4 is 0 Å².